The highest BCUT2D eigenvalue weighted by molar-refractivity contribution is 6.30. The zero-order valence-corrected chi connectivity index (χ0v) is 14.5. The predicted octanol–water partition coefficient (Wildman–Crippen LogP) is 5.30. The fraction of sp³-hybridized carbons (Fsp3) is 0.158. The largest absolute Gasteiger partial charge is 0.341 e. The molecule has 2 N–H and O–H groups in total. The van der Waals surface area contributed by atoms with Gasteiger partial charge in [0.25, 0.3) is 0 Å². The van der Waals surface area contributed by atoms with E-state index < -0.39 is 0 Å². The number of nitrogens with one attached hydrogen (secondary N) is 2. The average Bonchev–Trinajstić information content (AvgIpc) is 3.01. The van der Waals surface area contributed by atoms with Crippen molar-refractivity contribution in [3.8, 4) is 22.5 Å². The van der Waals surface area contributed by atoms with Crippen LogP contribution in [0.5, 0.6) is 0 Å². The molecule has 1 aromatic heterocycles. The SMILES string of the molecule is C=NNc1ccc(-c2[nH]c(CC)nc2-c2cccc(Cl)c2)cc1C. The first-order chi connectivity index (χ1) is 11.6. The second-order valence-electron chi connectivity index (χ2n) is 5.57. The number of halogens is 1. The highest BCUT2D eigenvalue weighted by atomic mass is 35.5. The van der Waals surface area contributed by atoms with Crippen LogP contribution in [0.1, 0.15) is 18.3 Å². The van der Waals surface area contributed by atoms with E-state index in [1.54, 1.807) is 0 Å². The summed E-state index contributed by atoms with van der Waals surface area (Å²) in [6.45, 7) is 7.58. The quantitative estimate of drug-likeness (QED) is 0.490. The lowest BCUT2D eigenvalue weighted by molar-refractivity contribution is 0.992. The Morgan fingerprint density at radius 2 is 2.04 bits per heavy atom. The van der Waals surface area contributed by atoms with Crippen LogP contribution in [0.3, 0.4) is 0 Å². The zero-order valence-electron chi connectivity index (χ0n) is 13.7. The third-order valence-electron chi connectivity index (χ3n) is 3.90. The Morgan fingerprint density at radius 3 is 2.71 bits per heavy atom. The standard InChI is InChI=1S/C19H19ClN4/c1-4-17-22-18(13-6-5-7-15(20)11-13)19(23-17)14-8-9-16(24-21-3)12(2)10-14/h5-11,24H,3-4H2,1-2H3,(H,22,23). The Hall–Kier alpha value is -2.59. The number of H-pyrrole nitrogens is 1. The molecule has 1 heterocycles. The molecule has 0 radical (unpaired) electrons. The highest BCUT2D eigenvalue weighted by Crippen LogP contribution is 2.33. The Kier molecular flexibility index (Phi) is 4.67. The van der Waals surface area contributed by atoms with Gasteiger partial charge in [0.2, 0.25) is 0 Å². The van der Waals surface area contributed by atoms with Crippen LogP contribution in [0.4, 0.5) is 5.69 Å². The van der Waals surface area contributed by atoms with Crippen molar-refractivity contribution in [2.45, 2.75) is 20.3 Å². The molecule has 0 spiro atoms. The lowest BCUT2D eigenvalue weighted by Crippen LogP contribution is -1.92. The van der Waals surface area contributed by atoms with Crippen molar-refractivity contribution in [3.05, 3.63) is 58.9 Å². The van der Waals surface area contributed by atoms with Crippen LogP contribution >= 0.6 is 11.6 Å². The summed E-state index contributed by atoms with van der Waals surface area (Å²) in [5.74, 6) is 0.951. The van der Waals surface area contributed by atoms with Gasteiger partial charge in [-0.1, -0.05) is 36.7 Å². The number of hydrogen-bond acceptors (Lipinski definition) is 3. The number of rotatable bonds is 5. The number of aromatic amines is 1. The molecule has 0 saturated carbocycles. The smallest absolute Gasteiger partial charge is 0.106 e. The maximum absolute atomic E-state index is 6.15. The van der Waals surface area contributed by atoms with Gasteiger partial charge in [0.1, 0.15) is 5.82 Å². The van der Waals surface area contributed by atoms with E-state index in [-0.39, 0.29) is 0 Å². The first kappa shape index (κ1) is 16.3. The molecule has 122 valence electrons. The summed E-state index contributed by atoms with van der Waals surface area (Å²) in [6, 6.07) is 13.9. The van der Waals surface area contributed by atoms with Gasteiger partial charge in [-0.2, -0.15) is 5.10 Å². The van der Waals surface area contributed by atoms with E-state index in [4.69, 9.17) is 16.6 Å². The molecule has 0 unspecified atom stereocenters. The minimum absolute atomic E-state index is 0.701. The molecular weight excluding hydrogens is 320 g/mol. The molecule has 0 saturated heterocycles. The van der Waals surface area contributed by atoms with Crippen LogP contribution in [-0.2, 0) is 6.42 Å². The monoisotopic (exact) mass is 338 g/mol. The van der Waals surface area contributed by atoms with Crippen LogP contribution in [0.2, 0.25) is 5.02 Å². The van der Waals surface area contributed by atoms with Gasteiger partial charge in [0.05, 0.1) is 17.1 Å². The van der Waals surface area contributed by atoms with Crippen LogP contribution in [-0.4, -0.2) is 16.7 Å². The molecule has 0 atom stereocenters. The number of aryl methyl sites for hydroxylation is 2. The minimum Gasteiger partial charge on any atom is -0.341 e. The van der Waals surface area contributed by atoms with E-state index in [0.29, 0.717) is 5.02 Å². The van der Waals surface area contributed by atoms with E-state index in [9.17, 15) is 0 Å². The van der Waals surface area contributed by atoms with E-state index >= 15 is 0 Å². The van der Waals surface area contributed by atoms with Crippen LogP contribution < -0.4 is 5.43 Å². The van der Waals surface area contributed by atoms with Crippen LogP contribution in [0.25, 0.3) is 22.5 Å². The van der Waals surface area contributed by atoms with Gasteiger partial charge in [-0.25, -0.2) is 4.98 Å². The van der Waals surface area contributed by atoms with Crippen LogP contribution in [0.15, 0.2) is 47.6 Å². The lowest BCUT2D eigenvalue weighted by atomic mass is 10.0. The van der Waals surface area contributed by atoms with Gasteiger partial charge in [-0.05, 0) is 36.8 Å². The molecule has 3 rings (SSSR count). The topological polar surface area (TPSA) is 53.1 Å². The zero-order chi connectivity index (χ0) is 17.1. The first-order valence-corrected chi connectivity index (χ1v) is 8.17. The Bertz CT molecular complexity index is 883. The molecule has 3 aromatic rings. The number of anilines is 1. The maximum atomic E-state index is 6.15. The summed E-state index contributed by atoms with van der Waals surface area (Å²) in [7, 11) is 0. The number of imidazole rings is 1. The first-order valence-electron chi connectivity index (χ1n) is 7.80. The molecule has 4 nitrogen and oxygen atoms in total. The summed E-state index contributed by atoms with van der Waals surface area (Å²) in [6.07, 6.45) is 0.840. The van der Waals surface area contributed by atoms with Gasteiger partial charge < -0.3 is 4.98 Å². The van der Waals surface area contributed by atoms with Crippen molar-refractivity contribution in [1.29, 1.82) is 0 Å². The van der Waals surface area contributed by atoms with Gasteiger partial charge in [0.15, 0.2) is 0 Å². The Labute approximate surface area is 146 Å². The number of hydrogen-bond donors (Lipinski definition) is 2. The normalized spacial score (nSPS) is 10.6. The van der Waals surface area contributed by atoms with Gasteiger partial charge >= 0.3 is 0 Å². The van der Waals surface area contributed by atoms with Crippen LogP contribution in [0, 0.1) is 6.92 Å². The summed E-state index contributed by atoms with van der Waals surface area (Å²) in [5, 5.41) is 4.43. The van der Waals surface area contributed by atoms with Crippen molar-refractivity contribution in [2.24, 2.45) is 5.10 Å². The van der Waals surface area contributed by atoms with E-state index in [2.05, 4.69) is 35.2 Å². The second-order valence-corrected chi connectivity index (χ2v) is 6.01. The predicted molar refractivity (Wildman–Crippen MR) is 102 cm³/mol. The molecule has 5 heteroatoms. The average molecular weight is 339 g/mol. The molecular formula is C19H19ClN4. The number of nitrogens with zero attached hydrogens (tertiary/aromatic N) is 2. The summed E-state index contributed by atoms with van der Waals surface area (Å²) in [4.78, 5) is 8.18. The van der Waals surface area contributed by atoms with Gasteiger partial charge in [-0.15, -0.1) is 0 Å². The molecule has 0 aliphatic heterocycles. The molecule has 2 aromatic carbocycles. The van der Waals surface area contributed by atoms with E-state index in [1.165, 1.54) is 0 Å². The van der Waals surface area contributed by atoms with Crippen molar-refractivity contribution >= 4 is 24.0 Å². The van der Waals surface area contributed by atoms with Crippen molar-refractivity contribution < 1.29 is 0 Å². The number of aromatic nitrogens is 2. The molecule has 0 aliphatic carbocycles. The summed E-state index contributed by atoms with van der Waals surface area (Å²) < 4.78 is 0. The molecule has 0 bridgehead atoms. The highest BCUT2D eigenvalue weighted by Gasteiger charge is 2.14. The van der Waals surface area contributed by atoms with Gasteiger partial charge in [-0.3, -0.25) is 5.43 Å². The van der Waals surface area contributed by atoms with E-state index in [1.807, 2.05) is 43.3 Å². The summed E-state index contributed by atoms with van der Waals surface area (Å²) >= 11 is 6.15. The molecule has 0 fully saturated rings. The third-order valence-corrected chi connectivity index (χ3v) is 4.14. The minimum atomic E-state index is 0.701. The fourth-order valence-corrected chi connectivity index (χ4v) is 2.86. The van der Waals surface area contributed by atoms with Crippen molar-refractivity contribution in [1.82, 2.24) is 9.97 Å². The summed E-state index contributed by atoms with van der Waals surface area (Å²) in [5.41, 5.74) is 8.90. The molecule has 0 aliphatic rings. The molecule has 0 amide bonds. The van der Waals surface area contributed by atoms with Crippen molar-refractivity contribution in [3.63, 3.8) is 0 Å². The lowest BCUT2D eigenvalue weighted by Gasteiger charge is -2.08. The van der Waals surface area contributed by atoms with E-state index in [0.717, 1.165) is 46.0 Å². The Morgan fingerprint density at radius 1 is 1.21 bits per heavy atom. The second kappa shape index (κ2) is 6.89. The van der Waals surface area contributed by atoms with Crippen molar-refractivity contribution in [2.75, 3.05) is 5.43 Å². The van der Waals surface area contributed by atoms with Gasteiger partial charge in [0, 0.05) is 29.3 Å². The molecule has 24 heavy (non-hydrogen) atoms. The fourth-order valence-electron chi connectivity index (χ4n) is 2.67. The third kappa shape index (κ3) is 3.19. The number of benzene rings is 2. The maximum Gasteiger partial charge on any atom is 0.106 e. The number of hydrazone groups is 1. The Balaban J connectivity index is 2.12.